The molecule has 1 fully saturated rings. The Morgan fingerprint density at radius 2 is 2.11 bits per heavy atom. The van der Waals surface area contributed by atoms with Crippen LogP contribution in [0.2, 0.25) is 0 Å². The van der Waals surface area contributed by atoms with Crippen LogP contribution in [0.3, 0.4) is 0 Å². The number of anilines is 1. The van der Waals surface area contributed by atoms with E-state index in [2.05, 4.69) is 20.1 Å². The lowest BCUT2D eigenvalue weighted by atomic mass is 10.1. The third kappa shape index (κ3) is 4.93. The highest BCUT2D eigenvalue weighted by Crippen LogP contribution is 2.30. The minimum Gasteiger partial charge on any atom is -0.450 e. The SMILES string of the molecule is CCCn1c(N2CCC[C@@H]2OC(=O)O)nc2nc(-c3cnn(Cc4cccc(C(F)(F)F)c4)c3)[nH]c2c1=O. The molecule has 0 saturated carbocycles. The Labute approximate surface area is 213 Å². The zero-order chi connectivity index (χ0) is 27.0. The molecule has 4 heterocycles. The van der Waals surface area contributed by atoms with Gasteiger partial charge in [0.15, 0.2) is 17.4 Å². The van der Waals surface area contributed by atoms with Gasteiger partial charge in [-0.1, -0.05) is 19.1 Å². The molecule has 1 aromatic carbocycles. The molecular weight excluding hydrogens is 507 g/mol. The number of benzene rings is 1. The number of rotatable bonds is 7. The van der Waals surface area contributed by atoms with Crippen LogP contribution in [0.1, 0.15) is 37.3 Å². The van der Waals surface area contributed by atoms with E-state index >= 15 is 0 Å². The Morgan fingerprint density at radius 3 is 2.84 bits per heavy atom. The number of aromatic nitrogens is 6. The van der Waals surface area contributed by atoms with Gasteiger partial charge in [-0.25, -0.2) is 9.78 Å². The average Bonchev–Trinajstić information content (AvgIpc) is 3.60. The maximum absolute atomic E-state index is 13.4. The second-order valence-electron chi connectivity index (χ2n) is 8.95. The molecule has 11 nitrogen and oxygen atoms in total. The van der Waals surface area contributed by atoms with E-state index in [1.54, 1.807) is 17.2 Å². The number of nitrogens with zero attached hydrogens (tertiary/aromatic N) is 6. The first-order chi connectivity index (χ1) is 18.1. The highest BCUT2D eigenvalue weighted by atomic mass is 19.4. The zero-order valence-corrected chi connectivity index (χ0v) is 20.3. The molecule has 4 aromatic rings. The highest BCUT2D eigenvalue weighted by molar-refractivity contribution is 5.76. The molecule has 2 N–H and O–H groups in total. The summed E-state index contributed by atoms with van der Waals surface area (Å²) in [6.07, 6.45) is -1.71. The van der Waals surface area contributed by atoms with E-state index in [9.17, 15) is 22.8 Å². The molecule has 0 amide bonds. The number of imidazole rings is 1. The first-order valence-electron chi connectivity index (χ1n) is 12.0. The van der Waals surface area contributed by atoms with Crippen LogP contribution in [0.25, 0.3) is 22.6 Å². The van der Waals surface area contributed by atoms with Crippen LogP contribution in [0.5, 0.6) is 0 Å². The van der Waals surface area contributed by atoms with Gasteiger partial charge in [0.25, 0.3) is 5.56 Å². The molecule has 1 atom stereocenters. The first-order valence-corrected chi connectivity index (χ1v) is 12.0. The van der Waals surface area contributed by atoms with E-state index in [0.29, 0.717) is 49.3 Å². The number of aromatic amines is 1. The summed E-state index contributed by atoms with van der Waals surface area (Å²) in [5, 5.41) is 13.3. The van der Waals surface area contributed by atoms with Crippen molar-refractivity contribution in [1.82, 2.24) is 29.3 Å². The predicted octanol–water partition coefficient (Wildman–Crippen LogP) is 4.08. The zero-order valence-electron chi connectivity index (χ0n) is 20.3. The molecule has 5 rings (SSSR count). The minimum absolute atomic E-state index is 0.107. The summed E-state index contributed by atoms with van der Waals surface area (Å²) < 4.78 is 47.1. The summed E-state index contributed by atoms with van der Waals surface area (Å²) in [6, 6.07) is 5.01. The van der Waals surface area contributed by atoms with Crippen LogP contribution in [-0.2, 0) is 24.0 Å². The maximum atomic E-state index is 13.4. The second kappa shape index (κ2) is 9.84. The lowest BCUT2D eigenvalue weighted by Crippen LogP contribution is -2.38. The van der Waals surface area contributed by atoms with Crippen molar-refractivity contribution in [2.24, 2.45) is 0 Å². The van der Waals surface area contributed by atoms with Crippen LogP contribution in [0.15, 0.2) is 41.5 Å². The monoisotopic (exact) mass is 531 g/mol. The number of hydrogen-bond donors (Lipinski definition) is 2. The van der Waals surface area contributed by atoms with Gasteiger partial charge >= 0.3 is 12.3 Å². The van der Waals surface area contributed by atoms with E-state index < -0.39 is 24.1 Å². The van der Waals surface area contributed by atoms with Crippen molar-refractivity contribution in [3.8, 4) is 11.4 Å². The van der Waals surface area contributed by atoms with Gasteiger partial charge in [-0.05, 0) is 30.5 Å². The van der Waals surface area contributed by atoms with Gasteiger partial charge < -0.3 is 19.7 Å². The molecular formula is C24H24F3N7O4. The summed E-state index contributed by atoms with van der Waals surface area (Å²) in [6.45, 7) is 2.85. The van der Waals surface area contributed by atoms with Crippen molar-refractivity contribution in [3.63, 3.8) is 0 Å². The number of halogens is 3. The number of hydrogen-bond acceptors (Lipinski definition) is 7. The Kier molecular flexibility index (Phi) is 6.55. The molecule has 14 heteroatoms. The van der Waals surface area contributed by atoms with Crippen molar-refractivity contribution in [2.45, 2.75) is 51.7 Å². The van der Waals surface area contributed by atoms with Gasteiger partial charge in [0.1, 0.15) is 5.82 Å². The molecule has 38 heavy (non-hydrogen) atoms. The van der Waals surface area contributed by atoms with E-state index in [0.717, 1.165) is 12.1 Å². The molecule has 1 aliphatic rings. The number of fused-ring (bicyclic) bond motifs is 1. The third-order valence-corrected chi connectivity index (χ3v) is 6.24. The van der Waals surface area contributed by atoms with Crippen molar-refractivity contribution >= 4 is 23.3 Å². The van der Waals surface area contributed by atoms with Crippen molar-refractivity contribution in [1.29, 1.82) is 0 Å². The van der Waals surface area contributed by atoms with Gasteiger partial charge in [0.2, 0.25) is 5.95 Å². The molecule has 0 aliphatic carbocycles. The van der Waals surface area contributed by atoms with E-state index in [1.807, 2.05) is 6.92 Å². The van der Waals surface area contributed by atoms with Gasteiger partial charge in [-0.2, -0.15) is 23.3 Å². The number of ether oxygens (including phenoxy) is 1. The standard InChI is InChI=1S/C24H24F3N7O4/c1-2-8-34-21(35)18-20(31-22(34)33-9-4-7-17(33)38-23(36)37)30-19(29-18)15-11-28-32(13-15)12-14-5-3-6-16(10-14)24(25,26)27/h3,5-6,10-11,13,17H,2,4,7-9,12H2,1H3,(H,29,30)(H,36,37)/t17-/m0/s1. The smallest absolute Gasteiger partial charge is 0.450 e. The van der Waals surface area contributed by atoms with E-state index in [4.69, 9.17) is 9.84 Å². The minimum atomic E-state index is -4.44. The van der Waals surface area contributed by atoms with Gasteiger partial charge in [-0.15, -0.1) is 0 Å². The summed E-state index contributed by atoms with van der Waals surface area (Å²) in [5.41, 5.74) is 0.182. The normalized spacial score (nSPS) is 15.9. The molecule has 0 radical (unpaired) electrons. The summed E-state index contributed by atoms with van der Waals surface area (Å²) in [5.74, 6) is 0.603. The van der Waals surface area contributed by atoms with Crippen LogP contribution in [-0.4, -0.2) is 53.3 Å². The number of nitrogens with one attached hydrogen (secondary N) is 1. The fourth-order valence-electron chi connectivity index (χ4n) is 4.57. The first kappa shape index (κ1) is 25.3. The average molecular weight is 531 g/mol. The number of carbonyl (C=O) groups is 1. The van der Waals surface area contributed by atoms with Crippen LogP contribution < -0.4 is 10.5 Å². The maximum Gasteiger partial charge on any atom is 0.507 e. The quantitative estimate of drug-likeness (QED) is 0.341. The molecule has 0 bridgehead atoms. The summed E-state index contributed by atoms with van der Waals surface area (Å²) in [7, 11) is 0. The van der Waals surface area contributed by atoms with Crippen molar-refractivity contribution in [3.05, 3.63) is 58.1 Å². The van der Waals surface area contributed by atoms with E-state index in [-0.39, 0.29) is 29.2 Å². The highest BCUT2D eigenvalue weighted by Gasteiger charge is 2.32. The fourth-order valence-corrected chi connectivity index (χ4v) is 4.57. The summed E-state index contributed by atoms with van der Waals surface area (Å²) >= 11 is 0. The molecule has 0 spiro atoms. The Morgan fingerprint density at radius 1 is 1.29 bits per heavy atom. The number of H-pyrrole nitrogens is 1. The Hall–Kier alpha value is -4.36. The predicted molar refractivity (Wildman–Crippen MR) is 130 cm³/mol. The molecule has 1 saturated heterocycles. The molecule has 0 unspecified atom stereocenters. The molecule has 1 aliphatic heterocycles. The van der Waals surface area contributed by atoms with Crippen molar-refractivity contribution < 1.29 is 27.8 Å². The van der Waals surface area contributed by atoms with Crippen LogP contribution in [0.4, 0.5) is 23.9 Å². The summed E-state index contributed by atoms with van der Waals surface area (Å²) in [4.78, 5) is 38.2. The topological polar surface area (TPSA) is 131 Å². The second-order valence-corrected chi connectivity index (χ2v) is 8.95. The molecule has 200 valence electrons. The Balaban J connectivity index is 1.47. The van der Waals surface area contributed by atoms with E-state index in [1.165, 1.54) is 21.5 Å². The van der Waals surface area contributed by atoms with Crippen molar-refractivity contribution in [2.75, 3.05) is 11.4 Å². The third-order valence-electron chi connectivity index (χ3n) is 6.24. The van der Waals surface area contributed by atoms with Crippen LogP contribution in [0, 0.1) is 0 Å². The fraction of sp³-hybridized carbons (Fsp3) is 0.375. The molecule has 3 aromatic heterocycles. The lowest BCUT2D eigenvalue weighted by molar-refractivity contribution is -0.137. The van der Waals surface area contributed by atoms with Gasteiger partial charge in [-0.3, -0.25) is 14.0 Å². The number of alkyl halides is 3. The van der Waals surface area contributed by atoms with Crippen LogP contribution >= 0.6 is 0 Å². The van der Waals surface area contributed by atoms with Gasteiger partial charge in [0.05, 0.1) is 23.9 Å². The lowest BCUT2D eigenvalue weighted by Gasteiger charge is -2.26. The largest absolute Gasteiger partial charge is 0.507 e. The number of carboxylic acid groups (broad SMARTS) is 1. The Bertz CT molecular complexity index is 1540. The van der Waals surface area contributed by atoms with Gasteiger partial charge in [0, 0.05) is 25.7 Å².